The summed E-state index contributed by atoms with van der Waals surface area (Å²) in [5.74, 6) is 0. The van der Waals surface area contributed by atoms with Crippen molar-refractivity contribution in [1.82, 2.24) is 0 Å². The van der Waals surface area contributed by atoms with Crippen molar-refractivity contribution < 1.29 is 17.6 Å². The van der Waals surface area contributed by atoms with E-state index in [0.29, 0.717) is 4.47 Å². The van der Waals surface area contributed by atoms with Gasteiger partial charge in [-0.2, -0.15) is 17.6 Å². The Morgan fingerprint density at radius 3 is 1.50 bits per heavy atom. The van der Waals surface area contributed by atoms with E-state index in [1.807, 2.05) is 0 Å². The zero-order chi connectivity index (χ0) is 16.4. The van der Waals surface area contributed by atoms with E-state index in [1.54, 1.807) is 19.1 Å². The summed E-state index contributed by atoms with van der Waals surface area (Å²) in [6.45, 7) is 1.80. The minimum atomic E-state index is -4.23. The molecule has 0 saturated heterocycles. The molecule has 0 aliphatic rings. The van der Waals surface area contributed by atoms with Gasteiger partial charge in [-0.25, -0.2) is 0 Å². The van der Waals surface area contributed by atoms with Crippen LogP contribution >= 0.6 is 39.5 Å². The smallest absolute Gasteiger partial charge is 0.186 e. The zero-order valence-electron chi connectivity index (χ0n) is 11.3. The van der Waals surface area contributed by atoms with Crippen LogP contribution in [0.25, 0.3) is 0 Å². The number of hydrogen-bond donors (Lipinski definition) is 0. The predicted octanol–water partition coefficient (Wildman–Crippen LogP) is 6.83. The van der Waals surface area contributed by atoms with Gasteiger partial charge < -0.3 is 0 Å². The van der Waals surface area contributed by atoms with Crippen LogP contribution in [0.5, 0.6) is 0 Å². The molecule has 0 saturated carbocycles. The number of alkyl halides is 4. The Hall–Kier alpha value is -0.660. The molecule has 118 valence electrons. The third-order valence-corrected chi connectivity index (χ3v) is 5.36. The summed E-state index contributed by atoms with van der Waals surface area (Å²) in [7, 11) is 0. The van der Waals surface area contributed by atoms with Gasteiger partial charge in [-0.3, -0.25) is 0 Å². The normalized spacial score (nSPS) is 12.5. The SMILES string of the molecule is Cc1ccc(SC(F)(F)C(F)(F)Sc2ccc(Br)cc2)cc1. The Kier molecular flexibility index (Phi) is 5.50. The van der Waals surface area contributed by atoms with Crippen molar-refractivity contribution >= 4 is 39.5 Å². The maximum absolute atomic E-state index is 13.9. The molecule has 0 heterocycles. The molecule has 0 bridgehead atoms. The third kappa shape index (κ3) is 4.43. The first-order chi connectivity index (χ1) is 10.2. The number of rotatable bonds is 5. The van der Waals surface area contributed by atoms with Gasteiger partial charge in [-0.05, 0) is 66.8 Å². The lowest BCUT2D eigenvalue weighted by Gasteiger charge is -2.25. The Labute approximate surface area is 142 Å². The summed E-state index contributed by atoms with van der Waals surface area (Å²) in [5.41, 5.74) is 0.878. The predicted molar refractivity (Wildman–Crippen MR) is 86.9 cm³/mol. The summed E-state index contributed by atoms with van der Waals surface area (Å²) in [6, 6.07) is 11.8. The van der Waals surface area contributed by atoms with Gasteiger partial charge in [0.05, 0.1) is 0 Å². The summed E-state index contributed by atoms with van der Waals surface area (Å²) in [5, 5.41) is -8.45. The van der Waals surface area contributed by atoms with Gasteiger partial charge in [0, 0.05) is 14.3 Å². The average Bonchev–Trinajstić information content (AvgIpc) is 2.43. The second-order valence-corrected chi connectivity index (χ2v) is 7.80. The highest BCUT2D eigenvalue weighted by Gasteiger charge is 2.58. The topological polar surface area (TPSA) is 0 Å². The van der Waals surface area contributed by atoms with Crippen molar-refractivity contribution in [2.75, 3.05) is 0 Å². The van der Waals surface area contributed by atoms with Gasteiger partial charge in [-0.1, -0.05) is 33.6 Å². The highest BCUT2D eigenvalue weighted by atomic mass is 79.9. The molecule has 22 heavy (non-hydrogen) atoms. The number of halogens is 5. The van der Waals surface area contributed by atoms with E-state index in [0.717, 1.165) is 5.56 Å². The number of benzene rings is 2. The third-order valence-electron chi connectivity index (χ3n) is 2.67. The van der Waals surface area contributed by atoms with Crippen LogP contribution in [0, 0.1) is 6.92 Å². The molecule has 0 aliphatic carbocycles. The van der Waals surface area contributed by atoms with E-state index in [1.165, 1.54) is 36.4 Å². The number of hydrogen-bond acceptors (Lipinski definition) is 2. The van der Waals surface area contributed by atoms with Crippen molar-refractivity contribution in [1.29, 1.82) is 0 Å². The van der Waals surface area contributed by atoms with Gasteiger partial charge in [-0.15, -0.1) is 0 Å². The maximum Gasteiger partial charge on any atom is 0.370 e. The van der Waals surface area contributed by atoms with Gasteiger partial charge in [0.25, 0.3) is 0 Å². The van der Waals surface area contributed by atoms with E-state index in [-0.39, 0.29) is 33.3 Å². The Morgan fingerprint density at radius 2 is 1.09 bits per heavy atom. The summed E-state index contributed by atoms with van der Waals surface area (Å²) < 4.78 is 56.4. The van der Waals surface area contributed by atoms with Crippen molar-refractivity contribution in [2.24, 2.45) is 0 Å². The quantitative estimate of drug-likeness (QED) is 0.391. The molecule has 0 aromatic heterocycles. The monoisotopic (exact) mass is 410 g/mol. The molecule has 0 nitrogen and oxygen atoms in total. The minimum absolute atomic E-state index is 0.0809. The summed E-state index contributed by atoms with van der Waals surface area (Å²) >= 11 is 2.90. The van der Waals surface area contributed by atoms with Crippen LogP contribution in [0.4, 0.5) is 17.6 Å². The van der Waals surface area contributed by atoms with E-state index < -0.39 is 10.5 Å². The fraction of sp³-hybridized carbons (Fsp3) is 0.200. The fourth-order valence-electron chi connectivity index (χ4n) is 1.52. The standard InChI is InChI=1S/C15H11BrF4S2/c1-10-2-6-12(7-3-10)21-14(17,18)15(19,20)22-13-8-4-11(16)5-9-13/h2-9H,1H3. The Bertz CT molecular complexity index is 569. The number of aryl methyl sites for hydroxylation is 1. The lowest BCUT2D eigenvalue weighted by Crippen LogP contribution is -2.34. The minimum Gasteiger partial charge on any atom is -0.186 e. The zero-order valence-corrected chi connectivity index (χ0v) is 14.5. The van der Waals surface area contributed by atoms with E-state index in [9.17, 15) is 17.6 Å². The summed E-state index contributed by atoms with van der Waals surface area (Å²) in [4.78, 5) is 0.184. The highest BCUT2D eigenvalue weighted by molar-refractivity contribution is 9.10. The first-order valence-corrected chi connectivity index (χ1v) is 8.58. The van der Waals surface area contributed by atoms with E-state index in [4.69, 9.17) is 0 Å². The molecule has 0 radical (unpaired) electrons. The Balaban J connectivity index is 2.14. The molecule has 7 heteroatoms. The van der Waals surface area contributed by atoms with Crippen LogP contribution in [0.15, 0.2) is 62.8 Å². The lowest BCUT2D eigenvalue weighted by atomic mass is 10.2. The largest absolute Gasteiger partial charge is 0.370 e. The van der Waals surface area contributed by atoms with Crippen LogP contribution in [0.3, 0.4) is 0 Å². The molecular weight excluding hydrogens is 400 g/mol. The molecule has 0 fully saturated rings. The molecular formula is C15H11BrF4S2. The molecule has 2 aromatic rings. The van der Waals surface area contributed by atoms with Crippen LogP contribution in [0.1, 0.15) is 5.56 Å². The maximum atomic E-state index is 13.9. The second-order valence-electron chi connectivity index (χ2n) is 4.50. The molecule has 2 rings (SSSR count). The fourth-order valence-corrected chi connectivity index (χ4v) is 3.41. The molecule has 0 atom stereocenters. The first-order valence-electron chi connectivity index (χ1n) is 6.15. The molecule has 0 unspecified atom stereocenters. The van der Waals surface area contributed by atoms with Gasteiger partial charge in [0.15, 0.2) is 0 Å². The van der Waals surface area contributed by atoms with Crippen molar-refractivity contribution in [3.63, 3.8) is 0 Å². The highest BCUT2D eigenvalue weighted by Crippen LogP contribution is 2.54. The van der Waals surface area contributed by atoms with E-state index >= 15 is 0 Å². The van der Waals surface area contributed by atoms with Gasteiger partial charge >= 0.3 is 10.5 Å². The van der Waals surface area contributed by atoms with Gasteiger partial charge in [0.1, 0.15) is 0 Å². The van der Waals surface area contributed by atoms with Crippen molar-refractivity contribution in [2.45, 2.75) is 27.2 Å². The Morgan fingerprint density at radius 1 is 0.727 bits per heavy atom. The molecule has 0 spiro atoms. The first kappa shape index (κ1) is 17.7. The van der Waals surface area contributed by atoms with Crippen LogP contribution < -0.4 is 0 Å². The van der Waals surface area contributed by atoms with Crippen LogP contribution in [-0.2, 0) is 0 Å². The van der Waals surface area contributed by atoms with Crippen LogP contribution in [0.2, 0.25) is 0 Å². The van der Waals surface area contributed by atoms with Crippen molar-refractivity contribution in [3.05, 3.63) is 58.6 Å². The second kappa shape index (κ2) is 6.84. The molecule has 0 amide bonds. The molecule has 0 N–H and O–H groups in total. The number of thioether (sulfide) groups is 2. The van der Waals surface area contributed by atoms with E-state index in [2.05, 4.69) is 15.9 Å². The molecule has 2 aromatic carbocycles. The van der Waals surface area contributed by atoms with Crippen molar-refractivity contribution in [3.8, 4) is 0 Å². The average molecular weight is 411 g/mol. The summed E-state index contributed by atoms with van der Waals surface area (Å²) in [6.07, 6.45) is 0. The lowest BCUT2D eigenvalue weighted by molar-refractivity contribution is -0.0834. The van der Waals surface area contributed by atoms with Gasteiger partial charge in [0.2, 0.25) is 0 Å². The molecule has 0 aliphatic heterocycles. The van der Waals surface area contributed by atoms with Crippen LogP contribution in [-0.4, -0.2) is 10.5 Å².